The van der Waals surface area contributed by atoms with Crippen molar-refractivity contribution in [2.45, 2.75) is 27.6 Å². The Balaban J connectivity index is 3.73. The van der Waals surface area contributed by atoms with Crippen LogP contribution < -0.4 is 0 Å². The summed E-state index contributed by atoms with van der Waals surface area (Å²) < 4.78 is -1.84. The van der Waals surface area contributed by atoms with Crippen LogP contribution in [0, 0.1) is 0 Å². The summed E-state index contributed by atoms with van der Waals surface area (Å²) in [5, 5.41) is 0.373. The third-order valence-corrected chi connectivity index (χ3v) is 3.80. The molecule has 0 heterocycles. The lowest BCUT2D eigenvalue weighted by Gasteiger charge is -2.18. The van der Waals surface area contributed by atoms with Crippen molar-refractivity contribution in [1.82, 2.24) is 0 Å². The van der Waals surface area contributed by atoms with Crippen molar-refractivity contribution in [3.63, 3.8) is 0 Å². The number of thioether (sulfide) groups is 1. The molecule has 0 aromatic rings. The van der Waals surface area contributed by atoms with Crippen molar-refractivity contribution >= 4 is 58.2 Å². The maximum absolute atomic E-state index is 5.72. The van der Waals surface area contributed by atoms with Gasteiger partial charge in [0, 0.05) is 5.25 Å². The van der Waals surface area contributed by atoms with Gasteiger partial charge in [-0.05, 0) is 0 Å². The van der Waals surface area contributed by atoms with Crippen LogP contribution in [-0.4, -0.2) is 13.8 Å². The quantitative estimate of drug-likeness (QED) is 0.658. The summed E-state index contributed by atoms with van der Waals surface area (Å²) in [6, 6.07) is 0. The van der Waals surface area contributed by atoms with Gasteiger partial charge in [-0.1, -0.05) is 48.7 Å². The van der Waals surface area contributed by atoms with Gasteiger partial charge in [0.2, 0.25) is 3.79 Å². The molecular formula is C5H8Cl4S. The average Bonchev–Trinajstić information content (AvgIpc) is 1.60. The predicted octanol–water partition coefficient (Wildman–Crippen LogP) is 4.06. The van der Waals surface area contributed by atoms with Crippen LogP contribution in [0.5, 0.6) is 0 Å². The number of halogens is 4. The minimum absolute atomic E-state index is 0.373. The fraction of sp³-hybridized carbons (Fsp3) is 1.00. The van der Waals surface area contributed by atoms with E-state index < -0.39 is 8.50 Å². The normalized spacial score (nSPS) is 15.9. The van der Waals surface area contributed by atoms with E-state index in [2.05, 4.69) is 0 Å². The van der Waals surface area contributed by atoms with E-state index in [1.807, 2.05) is 13.8 Å². The van der Waals surface area contributed by atoms with Gasteiger partial charge in [-0.2, -0.15) is 0 Å². The molecule has 0 aromatic carbocycles. The molecule has 10 heavy (non-hydrogen) atoms. The minimum atomic E-state index is -1.36. The van der Waals surface area contributed by atoms with Crippen LogP contribution in [0.1, 0.15) is 13.8 Å². The molecule has 0 fully saturated rings. The van der Waals surface area contributed by atoms with Gasteiger partial charge in [0.05, 0.1) is 0 Å². The molecule has 0 saturated carbocycles. The zero-order valence-corrected chi connectivity index (χ0v) is 9.42. The van der Waals surface area contributed by atoms with E-state index in [0.717, 1.165) is 0 Å². The summed E-state index contributed by atoms with van der Waals surface area (Å²) in [4.78, 5) is 0. The molecule has 0 rings (SSSR count). The van der Waals surface area contributed by atoms with Gasteiger partial charge in [0.1, 0.15) is 4.71 Å². The van der Waals surface area contributed by atoms with Crippen molar-refractivity contribution in [2.24, 2.45) is 0 Å². The van der Waals surface area contributed by atoms with Gasteiger partial charge in [-0.25, -0.2) is 0 Å². The Morgan fingerprint density at radius 3 is 1.70 bits per heavy atom. The second-order valence-electron chi connectivity index (χ2n) is 2.04. The topological polar surface area (TPSA) is 0 Å². The van der Waals surface area contributed by atoms with E-state index in [-0.39, 0.29) is 0 Å². The molecule has 0 spiro atoms. The van der Waals surface area contributed by atoms with E-state index >= 15 is 0 Å². The van der Waals surface area contributed by atoms with Gasteiger partial charge < -0.3 is 0 Å². The molecule has 1 atom stereocenters. The Bertz CT molecular complexity index is 98.3. The zero-order chi connectivity index (χ0) is 8.36. The lowest BCUT2D eigenvalue weighted by molar-refractivity contribution is 1.09. The van der Waals surface area contributed by atoms with Crippen molar-refractivity contribution < 1.29 is 0 Å². The van der Waals surface area contributed by atoms with Gasteiger partial charge in [-0.3, -0.25) is 0 Å². The monoisotopic (exact) mass is 240 g/mol. The van der Waals surface area contributed by atoms with Gasteiger partial charge >= 0.3 is 0 Å². The summed E-state index contributed by atoms with van der Waals surface area (Å²) in [5.41, 5.74) is 0. The molecule has 0 aliphatic carbocycles. The third-order valence-electron chi connectivity index (χ3n) is 0.649. The molecule has 1 unspecified atom stereocenters. The molecule has 0 bridgehead atoms. The second-order valence-corrected chi connectivity index (χ2v) is 6.79. The summed E-state index contributed by atoms with van der Waals surface area (Å²) >= 11 is 23.7. The zero-order valence-electron chi connectivity index (χ0n) is 5.57. The Morgan fingerprint density at radius 1 is 1.20 bits per heavy atom. The SMILES string of the molecule is CC(C)SC(Cl)C(Cl)(Cl)Cl. The van der Waals surface area contributed by atoms with Crippen LogP contribution in [0.2, 0.25) is 0 Å². The first kappa shape index (κ1) is 11.5. The van der Waals surface area contributed by atoms with E-state index in [4.69, 9.17) is 46.4 Å². The molecule has 62 valence electrons. The molecule has 0 aliphatic heterocycles. The highest BCUT2D eigenvalue weighted by molar-refractivity contribution is 8.01. The van der Waals surface area contributed by atoms with Crippen LogP contribution in [0.15, 0.2) is 0 Å². The Kier molecular flexibility index (Phi) is 5.20. The first-order valence-corrected chi connectivity index (χ1v) is 5.21. The summed E-state index contributed by atoms with van der Waals surface area (Å²) in [6.45, 7) is 3.99. The highest BCUT2D eigenvalue weighted by atomic mass is 35.6. The van der Waals surface area contributed by atoms with Gasteiger partial charge in [0.25, 0.3) is 0 Å². The molecule has 0 aliphatic rings. The van der Waals surface area contributed by atoms with Crippen LogP contribution in [0.25, 0.3) is 0 Å². The number of alkyl halides is 4. The van der Waals surface area contributed by atoms with Crippen molar-refractivity contribution in [2.75, 3.05) is 0 Å². The molecule has 5 heteroatoms. The minimum Gasteiger partial charge on any atom is -0.135 e. The smallest absolute Gasteiger partial charge is 0.135 e. The van der Waals surface area contributed by atoms with E-state index in [1.165, 1.54) is 11.8 Å². The Hall–Kier alpha value is 1.51. The Labute approximate surface area is 85.5 Å². The van der Waals surface area contributed by atoms with E-state index in [0.29, 0.717) is 5.25 Å². The molecule has 0 saturated heterocycles. The summed E-state index contributed by atoms with van der Waals surface area (Å²) in [6.07, 6.45) is 0. The first-order valence-electron chi connectivity index (χ1n) is 2.70. The molecule has 0 nitrogen and oxygen atoms in total. The predicted molar refractivity (Wildman–Crippen MR) is 52.7 cm³/mol. The second kappa shape index (κ2) is 4.51. The standard InChI is InChI=1S/C5H8Cl4S/c1-3(2)10-4(6)5(7,8)9/h3-4H,1-2H3. The first-order chi connectivity index (χ1) is 4.34. The largest absolute Gasteiger partial charge is 0.215 e. The third kappa shape index (κ3) is 5.20. The lowest BCUT2D eigenvalue weighted by Crippen LogP contribution is -2.17. The average molecular weight is 242 g/mol. The number of hydrogen-bond acceptors (Lipinski definition) is 1. The molecular weight excluding hydrogens is 234 g/mol. The van der Waals surface area contributed by atoms with Crippen LogP contribution in [0.4, 0.5) is 0 Å². The van der Waals surface area contributed by atoms with Gasteiger partial charge in [0.15, 0.2) is 0 Å². The summed E-state index contributed by atoms with van der Waals surface area (Å²) in [5.74, 6) is 0. The van der Waals surface area contributed by atoms with Crippen LogP contribution >= 0.6 is 58.2 Å². The van der Waals surface area contributed by atoms with Crippen molar-refractivity contribution in [3.05, 3.63) is 0 Å². The van der Waals surface area contributed by atoms with Crippen molar-refractivity contribution in [1.29, 1.82) is 0 Å². The molecule has 0 amide bonds. The highest BCUT2D eigenvalue weighted by Gasteiger charge is 2.31. The highest BCUT2D eigenvalue weighted by Crippen LogP contribution is 2.41. The van der Waals surface area contributed by atoms with E-state index in [1.54, 1.807) is 0 Å². The van der Waals surface area contributed by atoms with Crippen molar-refractivity contribution in [3.8, 4) is 0 Å². The maximum Gasteiger partial charge on any atom is 0.215 e. The summed E-state index contributed by atoms with van der Waals surface area (Å²) in [7, 11) is 0. The van der Waals surface area contributed by atoms with Gasteiger partial charge in [-0.15, -0.1) is 23.4 Å². The van der Waals surface area contributed by atoms with E-state index in [9.17, 15) is 0 Å². The fourth-order valence-electron chi connectivity index (χ4n) is 0.316. The Morgan fingerprint density at radius 2 is 1.60 bits per heavy atom. The molecule has 0 radical (unpaired) electrons. The number of rotatable bonds is 2. The maximum atomic E-state index is 5.72. The van der Waals surface area contributed by atoms with Crippen LogP contribution in [0.3, 0.4) is 0 Å². The van der Waals surface area contributed by atoms with Crippen LogP contribution in [-0.2, 0) is 0 Å². The lowest BCUT2D eigenvalue weighted by atomic mass is 10.6. The molecule has 0 aromatic heterocycles. The fourth-order valence-corrected chi connectivity index (χ4v) is 2.03. The molecule has 0 N–H and O–H groups in total. The number of hydrogen-bond donors (Lipinski definition) is 0.